The molecule has 1 fully saturated rings. The number of nitrogens with zero attached hydrogens (tertiary/aromatic N) is 4. The molecular weight excluding hydrogens is 456 g/mol. The Labute approximate surface area is 208 Å². The van der Waals surface area contributed by atoms with Gasteiger partial charge in [-0.25, -0.2) is 9.97 Å². The number of rotatable bonds is 7. The lowest BCUT2D eigenvalue weighted by atomic mass is 9.90. The number of anilines is 2. The van der Waals surface area contributed by atoms with Crippen molar-refractivity contribution in [1.82, 2.24) is 15.4 Å². The molecule has 2 heterocycles. The molecule has 0 unspecified atom stereocenters. The van der Waals surface area contributed by atoms with Crippen LogP contribution in [-0.2, 0) is 6.42 Å². The normalized spacial score (nSPS) is 13.9. The number of hydrazine groups is 1. The van der Waals surface area contributed by atoms with Gasteiger partial charge in [-0.2, -0.15) is 0 Å². The van der Waals surface area contributed by atoms with Crippen molar-refractivity contribution in [2.45, 2.75) is 19.3 Å². The Balaban J connectivity index is 1.30. The number of nitro groups is 1. The van der Waals surface area contributed by atoms with E-state index in [1.165, 1.54) is 11.9 Å². The summed E-state index contributed by atoms with van der Waals surface area (Å²) < 4.78 is 0. The van der Waals surface area contributed by atoms with E-state index >= 15 is 0 Å². The number of hydrogen-bond acceptors (Lipinski definition) is 7. The second kappa shape index (κ2) is 10.4. The fourth-order valence-corrected chi connectivity index (χ4v) is 4.76. The molecule has 4 aromatic rings. The molecule has 0 atom stereocenters. The molecule has 1 saturated heterocycles. The monoisotopic (exact) mass is 482 g/mol. The third-order valence-electron chi connectivity index (χ3n) is 6.60. The van der Waals surface area contributed by atoms with Gasteiger partial charge in [-0.3, -0.25) is 25.8 Å². The van der Waals surface area contributed by atoms with Gasteiger partial charge >= 0.3 is 5.69 Å². The smallest absolute Gasteiger partial charge is 0.351 e. The van der Waals surface area contributed by atoms with E-state index < -0.39 is 10.8 Å². The largest absolute Gasteiger partial charge is 0.355 e. The zero-order chi connectivity index (χ0) is 24.9. The van der Waals surface area contributed by atoms with E-state index in [-0.39, 0.29) is 17.3 Å². The predicted molar refractivity (Wildman–Crippen MR) is 139 cm³/mol. The van der Waals surface area contributed by atoms with Crippen molar-refractivity contribution in [2.24, 2.45) is 5.92 Å². The van der Waals surface area contributed by atoms with Crippen molar-refractivity contribution >= 4 is 34.0 Å². The number of amides is 1. The van der Waals surface area contributed by atoms with E-state index in [1.807, 2.05) is 53.4 Å². The van der Waals surface area contributed by atoms with E-state index in [9.17, 15) is 14.9 Å². The zero-order valence-corrected chi connectivity index (χ0v) is 19.6. The van der Waals surface area contributed by atoms with Crippen molar-refractivity contribution in [3.05, 3.63) is 100 Å². The Morgan fingerprint density at radius 2 is 1.69 bits per heavy atom. The number of carbonyl (C=O) groups is 1. The Hall–Kier alpha value is -4.53. The molecule has 5 rings (SSSR count). The molecule has 9 nitrogen and oxygen atoms in total. The molecule has 0 spiro atoms. The van der Waals surface area contributed by atoms with Crippen LogP contribution in [-0.4, -0.2) is 33.9 Å². The lowest BCUT2D eigenvalue weighted by Crippen LogP contribution is -2.36. The van der Waals surface area contributed by atoms with Crippen LogP contribution in [0.25, 0.3) is 10.8 Å². The molecule has 36 heavy (non-hydrogen) atoms. The Kier molecular flexibility index (Phi) is 6.70. The van der Waals surface area contributed by atoms with Crippen LogP contribution in [0, 0.1) is 16.0 Å². The van der Waals surface area contributed by atoms with Gasteiger partial charge < -0.3 is 4.90 Å². The molecule has 2 N–H and O–H groups in total. The Morgan fingerprint density at radius 3 is 2.47 bits per heavy atom. The summed E-state index contributed by atoms with van der Waals surface area (Å²) in [5.41, 5.74) is 6.73. The first-order valence-electron chi connectivity index (χ1n) is 11.9. The van der Waals surface area contributed by atoms with Crippen LogP contribution in [0.3, 0.4) is 0 Å². The summed E-state index contributed by atoms with van der Waals surface area (Å²) in [5, 5.41) is 13.7. The van der Waals surface area contributed by atoms with E-state index in [0.717, 1.165) is 30.0 Å². The van der Waals surface area contributed by atoms with Gasteiger partial charge in [0.2, 0.25) is 11.6 Å². The van der Waals surface area contributed by atoms with Gasteiger partial charge in [-0.05, 0) is 47.6 Å². The van der Waals surface area contributed by atoms with Gasteiger partial charge in [-0.1, -0.05) is 66.7 Å². The lowest BCUT2D eigenvalue weighted by molar-refractivity contribution is -0.383. The zero-order valence-electron chi connectivity index (χ0n) is 19.6. The van der Waals surface area contributed by atoms with Crippen molar-refractivity contribution in [3.8, 4) is 0 Å². The topological polar surface area (TPSA) is 113 Å². The fraction of sp³-hybridized carbons (Fsp3) is 0.222. The molecule has 0 saturated carbocycles. The van der Waals surface area contributed by atoms with Crippen LogP contribution in [0.5, 0.6) is 0 Å². The molecule has 182 valence electrons. The second-order valence-corrected chi connectivity index (χ2v) is 8.88. The van der Waals surface area contributed by atoms with E-state index in [0.29, 0.717) is 24.6 Å². The first-order valence-corrected chi connectivity index (χ1v) is 11.9. The van der Waals surface area contributed by atoms with Gasteiger partial charge in [0.15, 0.2) is 0 Å². The number of carbonyl (C=O) groups excluding carboxylic acids is 1. The summed E-state index contributed by atoms with van der Waals surface area (Å²) in [4.78, 5) is 34.6. The van der Waals surface area contributed by atoms with Crippen LogP contribution in [0.15, 0.2) is 79.1 Å². The van der Waals surface area contributed by atoms with Gasteiger partial charge in [-0.15, -0.1) is 0 Å². The number of nitrogens with one attached hydrogen (secondary N) is 2. The highest BCUT2D eigenvalue weighted by molar-refractivity contribution is 6.07. The maximum absolute atomic E-state index is 12.9. The minimum atomic E-state index is -0.502. The highest BCUT2D eigenvalue weighted by atomic mass is 16.6. The average molecular weight is 483 g/mol. The fourth-order valence-electron chi connectivity index (χ4n) is 4.76. The summed E-state index contributed by atoms with van der Waals surface area (Å²) in [7, 11) is 0. The number of benzene rings is 3. The van der Waals surface area contributed by atoms with Crippen molar-refractivity contribution in [2.75, 3.05) is 23.4 Å². The van der Waals surface area contributed by atoms with E-state index in [2.05, 4.69) is 33.0 Å². The average Bonchev–Trinajstić information content (AvgIpc) is 2.92. The van der Waals surface area contributed by atoms with Crippen LogP contribution in [0.4, 0.5) is 17.3 Å². The predicted octanol–water partition coefficient (Wildman–Crippen LogP) is 4.75. The molecule has 0 bridgehead atoms. The second-order valence-electron chi connectivity index (χ2n) is 8.88. The molecule has 1 amide bonds. The van der Waals surface area contributed by atoms with Crippen LogP contribution < -0.4 is 15.8 Å². The quantitative estimate of drug-likeness (QED) is 0.289. The number of piperidine rings is 1. The Morgan fingerprint density at radius 1 is 0.972 bits per heavy atom. The molecular formula is C27H26N6O3. The molecule has 1 aromatic heterocycles. The van der Waals surface area contributed by atoms with Crippen molar-refractivity contribution in [1.29, 1.82) is 0 Å². The number of aromatic nitrogens is 2. The van der Waals surface area contributed by atoms with E-state index in [1.54, 1.807) is 12.1 Å². The molecule has 0 aliphatic carbocycles. The molecule has 9 heteroatoms. The molecule has 1 aliphatic heterocycles. The summed E-state index contributed by atoms with van der Waals surface area (Å²) in [5.74, 6) is 0.310. The SMILES string of the molecule is O=C(NNc1ncnc(N2CCC(Cc3ccccc3)CC2)c1[N+](=O)[O-])c1cccc2ccccc12. The van der Waals surface area contributed by atoms with Gasteiger partial charge in [0.05, 0.1) is 4.92 Å². The molecule has 3 aromatic carbocycles. The summed E-state index contributed by atoms with van der Waals surface area (Å²) in [6, 6.07) is 23.3. The first kappa shape index (κ1) is 23.2. The standard InChI is InChI=1S/C27H26N6O3/c34-27(23-12-6-10-21-9-4-5-11-22(21)23)31-30-25-24(33(35)36)26(29-18-28-25)32-15-13-20(14-16-32)17-19-7-2-1-3-8-19/h1-12,18,20H,13-17H2,(H,31,34)(H,28,29,30). The molecule has 1 aliphatic rings. The third kappa shape index (κ3) is 4.95. The minimum absolute atomic E-state index is 0.0509. The maximum Gasteiger partial charge on any atom is 0.355 e. The van der Waals surface area contributed by atoms with Crippen molar-refractivity contribution < 1.29 is 9.72 Å². The van der Waals surface area contributed by atoms with E-state index in [4.69, 9.17) is 0 Å². The minimum Gasteiger partial charge on any atom is -0.351 e. The number of hydrogen-bond donors (Lipinski definition) is 2. The summed E-state index contributed by atoms with van der Waals surface area (Å²) in [6.45, 7) is 1.33. The van der Waals surface area contributed by atoms with Crippen LogP contribution in [0.2, 0.25) is 0 Å². The van der Waals surface area contributed by atoms with Crippen LogP contribution in [0.1, 0.15) is 28.8 Å². The van der Waals surface area contributed by atoms with Crippen molar-refractivity contribution in [3.63, 3.8) is 0 Å². The Bertz CT molecular complexity index is 1380. The summed E-state index contributed by atoms with van der Waals surface area (Å²) in [6.07, 6.45) is 4.10. The number of fused-ring (bicyclic) bond motifs is 1. The van der Waals surface area contributed by atoms with Gasteiger partial charge in [0.1, 0.15) is 6.33 Å². The first-order chi connectivity index (χ1) is 17.6. The summed E-state index contributed by atoms with van der Waals surface area (Å²) >= 11 is 0. The lowest BCUT2D eigenvalue weighted by Gasteiger charge is -2.32. The highest BCUT2D eigenvalue weighted by Gasteiger charge is 2.30. The maximum atomic E-state index is 12.9. The van der Waals surface area contributed by atoms with Gasteiger partial charge in [0, 0.05) is 18.7 Å². The van der Waals surface area contributed by atoms with Gasteiger partial charge in [0.25, 0.3) is 5.91 Å². The van der Waals surface area contributed by atoms with Crippen LogP contribution >= 0.6 is 0 Å². The molecule has 0 radical (unpaired) electrons. The third-order valence-corrected chi connectivity index (χ3v) is 6.60. The highest BCUT2D eigenvalue weighted by Crippen LogP contribution is 2.34.